The Labute approximate surface area is 173 Å². The van der Waals surface area contributed by atoms with Crippen molar-refractivity contribution in [2.45, 2.75) is 46.2 Å². The average molecular weight is 415 g/mol. The zero-order valence-electron chi connectivity index (χ0n) is 17.7. The number of benzene rings is 1. The van der Waals surface area contributed by atoms with E-state index in [1.807, 2.05) is 20.8 Å². The summed E-state index contributed by atoms with van der Waals surface area (Å²) < 4.78 is 17.0. The van der Waals surface area contributed by atoms with Crippen molar-refractivity contribution in [2.75, 3.05) is 0 Å². The normalized spacial score (nSPS) is 11.9. The Morgan fingerprint density at radius 3 is 2.53 bits per heavy atom. The Hall–Kier alpha value is -3.13. The van der Waals surface area contributed by atoms with Gasteiger partial charge in [0.25, 0.3) is 5.56 Å². The largest absolute Gasteiger partial charge is 0.506 e. The van der Waals surface area contributed by atoms with Crippen molar-refractivity contribution in [3.63, 3.8) is 0 Å². The summed E-state index contributed by atoms with van der Waals surface area (Å²) >= 11 is 0. The molecular formula is C22H26FN3O4. The van der Waals surface area contributed by atoms with Crippen molar-refractivity contribution >= 4 is 16.9 Å². The molecule has 30 heavy (non-hydrogen) atoms. The third kappa shape index (κ3) is 3.70. The van der Waals surface area contributed by atoms with Crippen molar-refractivity contribution in [1.29, 1.82) is 0 Å². The number of rotatable bonds is 5. The maximum atomic E-state index is 15.2. The van der Waals surface area contributed by atoms with Crippen LogP contribution < -0.4 is 10.9 Å². The quantitative estimate of drug-likeness (QED) is 0.510. The third-order valence-corrected chi connectivity index (χ3v) is 5.18. The first-order valence-electron chi connectivity index (χ1n) is 9.69. The van der Waals surface area contributed by atoms with Gasteiger partial charge in [-0.2, -0.15) is 0 Å². The molecule has 0 fully saturated rings. The molecule has 3 aromatic rings. The van der Waals surface area contributed by atoms with Crippen molar-refractivity contribution < 1.29 is 19.4 Å². The van der Waals surface area contributed by atoms with Crippen molar-refractivity contribution in [1.82, 2.24) is 14.9 Å². The lowest BCUT2D eigenvalue weighted by Gasteiger charge is -2.20. The Morgan fingerprint density at radius 1 is 1.30 bits per heavy atom. The zero-order valence-corrected chi connectivity index (χ0v) is 17.7. The molecule has 0 spiro atoms. The van der Waals surface area contributed by atoms with Crippen molar-refractivity contribution in [3.05, 3.63) is 51.2 Å². The van der Waals surface area contributed by atoms with Gasteiger partial charge in [0, 0.05) is 30.1 Å². The van der Waals surface area contributed by atoms with Gasteiger partial charge in [-0.1, -0.05) is 13.0 Å². The summed E-state index contributed by atoms with van der Waals surface area (Å²) in [6.45, 7) is 8.09. The molecule has 8 heteroatoms. The molecule has 0 bridgehead atoms. The maximum absolute atomic E-state index is 15.2. The molecule has 0 aliphatic heterocycles. The Morgan fingerprint density at radius 2 is 1.97 bits per heavy atom. The number of pyridine rings is 1. The standard InChI is InChI=1S/C22H26FN3O4/c1-6-12-18(25-20(28)16(19(12)27)21(29)30)11-7-8-14-13(9-11)17(23)15(26(14)5)10-24-22(2,3)4/h7-9,24H,6,10H2,1-5H3,(H,29,30)(H2,25,27,28). The lowest BCUT2D eigenvalue weighted by Crippen LogP contribution is -2.35. The smallest absolute Gasteiger partial charge is 0.345 e. The lowest BCUT2D eigenvalue weighted by molar-refractivity contribution is 0.0691. The van der Waals surface area contributed by atoms with Gasteiger partial charge >= 0.3 is 5.97 Å². The van der Waals surface area contributed by atoms with E-state index in [-0.39, 0.29) is 29.0 Å². The summed E-state index contributed by atoms with van der Waals surface area (Å²) in [4.78, 5) is 26.1. The first-order valence-corrected chi connectivity index (χ1v) is 9.69. The number of aromatic nitrogens is 2. The molecule has 0 saturated carbocycles. The highest BCUT2D eigenvalue weighted by molar-refractivity contribution is 5.93. The molecule has 3 rings (SSSR count). The number of nitrogens with one attached hydrogen (secondary N) is 2. The molecular weight excluding hydrogens is 389 g/mol. The summed E-state index contributed by atoms with van der Waals surface area (Å²) in [5.74, 6) is -2.43. The number of aryl methyl sites for hydroxylation is 1. The predicted octanol–water partition coefficient (Wildman–Crippen LogP) is 3.53. The van der Waals surface area contributed by atoms with Crippen molar-refractivity contribution in [3.8, 4) is 17.0 Å². The minimum Gasteiger partial charge on any atom is -0.506 e. The van der Waals surface area contributed by atoms with Gasteiger partial charge in [0.1, 0.15) is 5.75 Å². The number of aromatic carboxylic acids is 1. The molecule has 0 radical (unpaired) electrons. The predicted molar refractivity (Wildman–Crippen MR) is 114 cm³/mol. The molecule has 160 valence electrons. The number of fused-ring (bicyclic) bond motifs is 1. The van der Waals surface area contributed by atoms with Gasteiger partial charge in [-0.05, 0) is 44.9 Å². The highest BCUT2D eigenvalue weighted by Gasteiger charge is 2.23. The van der Waals surface area contributed by atoms with Gasteiger partial charge in [-0.15, -0.1) is 0 Å². The monoisotopic (exact) mass is 415 g/mol. The van der Waals surface area contributed by atoms with Crippen LogP contribution in [-0.2, 0) is 20.0 Å². The number of halogens is 1. The number of hydrogen-bond donors (Lipinski definition) is 4. The molecule has 0 aliphatic rings. The number of H-pyrrole nitrogens is 1. The molecule has 0 atom stereocenters. The SMILES string of the molecule is CCc1c(-c2ccc3c(c2)c(F)c(CNC(C)(C)C)n3C)[nH]c(=O)c(C(=O)O)c1O. The van der Waals surface area contributed by atoms with Crippen LogP contribution in [0.5, 0.6) is 5.75 Å². The topological polar surface area (TPSA) is 107 Å². The third-order valence-electron chi connectivity index (χ3n) is 5.18. The van der Waals surface area contributed by atoms with Gasteiger partial charge in [0.15, 0.2) is 11.4 Å². The molecule has 0 amide bonds. The van der Waals surface area contributed by atoms with Crippen LogP contribution >= 0.6 is 0 Å². The summed E-state index contributed by atoms with van der Waals surface area (Å²) in [5, 5.41) is 23.2. The Bertz CT molecular complexity index is 1200. The number of aromatic hydroxyl groups is 1. The molecule has 1 aromatic carbocycles. The van der Waals surface area contributed by atoms with Crippen LogP contribution in [0.4, 0.5) is 4.39 Å². The Balaban J connectivity index is 2.18. The minimum atomic E-state index is -1.50. The second-order valence-electron chi connectivity index (χ2n) is 8.35. The van der Waals surface area contributed by atoms with Gasteiger partial charge in [0.05, 0.1) is 16.9 Å². The summed E-state index contributed by atoms with van der Waals surface area (Å²) in [7, 11) is 1.79. The first-order chi connectivity index (χ1) is 14.0. The molecule has 2 heterocycles. The van der Waals surface area contributed by atoms with Crippen molar-refractivity contribution in [2.24, 2.45) is 7.05 Å². The van der Waals surface area contributed by atoms with E-state index in [2.05, 4.69) is 10.3 Å². The van der Waals surface area contributed by atoms with E-state index in [9.17, 15) is 19.8 Å². The lowest BCUT2D eigenvalue weighted by atomic mass is 9.99. The van der Waals surface area contributed by atoms with E-state index in [1.165, 1.54) is 0 Å². The number of carboxylic acid groups (broad SMARTS) is 1. The molecule has 0 aliphatic carbocycles. The summed E-state index contributed by atoms with van der Waals surface area (Å²) in [6, 6.07) is 5.07. The highest BCUT2D eigenvalue weighted by atomic mass is 19.1. The number of carboxylic acids is 1. The van der Waals surface area contributed by atoms with E-state index in [0.717, 1.165) is 0 Å². The second-order valence-corrected chi connectivity index (χ2v) is 8.35. The minimum absolute atomic E-state index is 0.174. The van der Waals surface area contributed by atoms with E-state index in [0.29, 0.717) is 28.7 Å². The fourth-order valence-corrected chi connectivity index (χ4v) is 3.57. The summed E-state index contributed by atoms with van der Waals surface area (Å²) in [6.07, 6.45) is 0.286. The van der Waals surface area contributed by atoms with Gasteiger partial charge < -0.3 is 25.1 Å². The number of nitrogens with zero attached hydrogens (tertiary/aromatic N) is 1. The molecule has 4 N–H and O–H groups in total. The maximum Gasteiger partial charge on any atom is 0.345 e. The molecule has 7 nitrogen and oxygen atoms in total. The van der Waals surface area contributed by atoms with Crippen LogP contribution in [0.3, 0.4) is 0 Å². The molecule has 2 aromatic heterocycles. The van der Waals surface area contributed by atoms with Crippen LogP contribution in [0.2, 0.25) is 0 Å². The van der Waals surface area contributed by atoms with E-state index in [4.69, 9.17) is 0 Å². The van der Waals surface area contributed by atoms with Crippen LogP contribution in [-0.4, -0.2) is 31.3 Å². The van der Waals surface area contributed by atoms with Crippen LogP contribution in [0.15, 0.2) is 23.0 Å². The number of aromatic amines is 1. The van der Waals surface area contributed by atoms with E-state index in [1.54, 1.807) is 36.7 Å². The fourth-order valence-electron chi connectivity index (χ4n) is 3.57. The summed E-state index contributed by atoms with van der Waals surface area (Å²) in [5.41, 5.74) is 0.478. The molecule has 0 saturated heterocycles. The van der Waals surface area contributed by atoms with E-state index >= 15 is 4.39 Å². The van der Waals surface area contributed by atoms with Crippen LogP contribution in [0, 0.1) is 5.82 Å². The number of hydrogen-bond acceptors (Lipinski definition) is 4. The second kappa shape index (κ2) is 7.60. The zero-order chi connectivity index (χ0) is 22.4. The fraction of sp³-hybridized carbons (Fsp3) is 0.364. The van der Waals surface area contributed by atoms with Gasteiger partial charge in [-0.25, -0.2) is 9.18 Å². The van der Waals surface area contributed by atoms with Gasteiger partial charge in [0.2, 0.25) is 0 Å². The number of carbonyl (C=O) groups is 1. The first kappa shape index (κ1) is 21.6. The van der Waals surface area contributed by atoms with Crippen LogP contribution in [0.25, 0.3) is 22.2 Å². The van der Waals surface area contributed by atoms with Gasteiger partial charge in [-0.3, -0.25) is 4.79 Å². The Kier molecular flexibility index (Phi) is 5.47. The average Bonchev–Trinajstić information content (AvgIpc) is 2.88. The molecule has 0 unspecified atom stereocenters. The highest BCUT2D eigenvalue weighted by Crippen LogP contribution is 2.33. The van der Waals surface area contributed by atoms with Crippen LogP contribution in [0.1, 0.15) is 49.3 Å². The van der Waals surface area contributed by atoms with E-state index < -0.39 is 22.8 Å².